The number of carboxylic acid groups (broad SMARTS) is 1. The van der Waals surface area contributed by atoms with Crippen LogP contribution in [-0.2, 0) is 12.8 Å². The molecule has 0 fully saturated rings. The second-order valence-corrected chi connectivity index (χ2v) is 7.40. The van der Waals surface area contributed by atoms with E-state index in [-0.39, 0.29) is 0 Å². The van der Waals surface area contributed by atoms with Crippen LogP contribution >= 0.6 is 0 Å². The lowest BCUT2D eigenvalue weighted by Gasteiger charge is -2.21. The molecule has 3 aromatic carbocycles. The highest BCUT2D eigenvalue weighted by molar-refractivity contribution is 5.88. The first-order valence-electron chi connectivity index (χ1n) is 10.6. The number of nitrogens with one attached hydrogen (secondary N) is 1. The lowest BCUT2D eigenvalue weighted by molar-refractivity contribution is 0.0697. The van der Waals surface area contributed by atoms with Crippen molar-refractivity contribution in [2.75, 3.05) is 23.3 Å². The molecule has 3 rings (SSSR count). The minimum Gasteiger partial charge on any atom is -0.478 e. The Morgan fingerprint density at radius 1 is 0.767 bits per heavy atom. The fourth-order valence-corrected chi connectivity index (χ4v) is 3.58. The van der Waals surface area contributed by atoms with Crippen molar-refractivity contribution in [1.29, 1.82) is 0 Å². The quantitative estimate of drug-likeness (QED) is 0.427. The van der Waals surface area contributed by atoms with Crippen LogP contribution < -0.4 is 10.2 Å². The Morgan fingerprint density at radius 2 is 1.23 bits per heavy atom. The molecular formula is C26H30N2O2. The largest absolute Gasteiger partial charge is 0.478 e. The molecule has 3 aromatic rings. The highest BCUT2D eigenvalue weighted by atomic mass is 16.4. The van der Waals surface area contributed by atoms with Crippen LogP contribution in [-0.4, -0.2) is 24.2 Å². The first-order valence-corrected chi connectivity index (χ1v) is 10.6. The minimum absolute atomic E-state index is 0.290. The molecule has 0 radical (unpaired) electrons. The van der Waals surface area contributed by atoms with Crippen LogP contribution in [0.15, 0.2) is 72.8 Å². The summed E-state index contributed by atoms with van der Waals surface area (Å²) in [4.78, 5) is 13.3. The molecule has 0 aliphatic carbocycles. The summed E-state index contributed by atoms with van der Waals surface area (Å²) < 4.78 is 0. The van der Waals surface area contributed by atoms with Crippen molar-refractivity contribution in [3.63, 3.8) is 0 Å². The van der Waals surface area contributed by atoms with E-state index in [2.05, 4.69) is 72.6 Å². The number of nitrogens with zero attached hydrogens (tertiary/aromatic N) is 1. The van der Waals surface area contributed by atoms with E-state index in [4.69, 9.17) is 5.11 Å². The van der Waals surface area contributed by atoms with Gasteiger partial charge in [-0.3, -0.25) is 0 Å². The molecule has 0 saturated heterocycles. The SMILES string of the molecule is CCN(CC)c1ccc(CCCc2ccc(Nc3ccc(C(=O)O)cc3)cc2)cc1. The topological polar surface area (TPSA) is 52.6 Å². The van der Waals surface area contributed by atoms with Crippen LogP contribution in [0, 0.1) is 0 Å². The van der Waals surface area contributed by atoms with Crippen molar-refractivity contribution in [1.82, 2.24) is 0 Å². The second-order valence-electron chi connectivity index (χ2n) is 7.40. The van der Waals surface area contributed by atoms with E-state index >= 15 is 0 Å². The second kappa shape index (κ2) is 10.5. The van der Waals surface area contributed by atoms with Gasteiger partial charge < -0.3 is 15.3 Å². The molecule has 4 heteroatoms. The normalized spacial score (nSPS) is 10.6. The Bertz CT molecular complexity index is 928. The lowest BCUT2D eigenvalue weighted by atomic mass is 10.0. The molecule has 30 heavy (non-hydrogen) atoms. The maximum atomic E-state index is 10.9. The standard InChI is InChI=1S/C26H30N2O2/c1-3-28(4-2)25-18-10-21(11-19-25)7-5-6-20-8-14-23(15-9-20)27-24-16-12-22(13-17-24)26(29)30/h8-19,27H,3-7H2,1-2H3,(H,29,30). The van der Waals surface area contributed by atoms with E-state index < -0.39 is 5.97 Å². The van der Waals surface area contributed by atoms with Gasteiger partial charge in [0.1, 0.15) is 0 Å². The predicted octanol–water partition coefficient (Wildman–Crippen LogP) is 6.15. The summed E-state index contributed by atoms with van der Waals surface area (Å²) in [5.74, 6) is -0.911. The monoisotopic (exact) mass is 402 g/mol. The van der Waals surface area contributed by atoms with Crippen LogP contribution in [0.2, 0.25) is 0 Å². The van der Waals surface area contributed by atoms with Crippen molar-refractivity contribution in [3.8, 4) is 0 Å². The number of carbonyl (C=O) groups is 1. The van der Waals surface area contributed by atoms with Gasteiger partial charge >= 0.3 is 5.97 Å². The number of aromatic carboxylic acids is 1. The molecular weight excluding hydrogens is 372 g/mol. The zero-order chi connectivity index (χ0) is 21.3. The molecule has 2 N–H and O–H groups in total. The molecule has 0 amide bonds. The minimum atomic E-state index is -0.911. The maximum absolute atomic E-state index is 10.9. The Balaban J connectivity index is 1.48. The lowest BCUT2D eigenvalue weighted by Crippen LogP contribution is -2.21. The molecule has 156 valence electrons. The van der Waals surface area contributed by atoms with Gasteiger partial charge in [0.15, 0.2) is 0 Å². The van der Waals surface area contributed by atoms with Gasteiger partial charge in [0.2, 0.25) is 0 Å². The molecule has 0 aliphatic rings. The van der Waals surface area contributed by atoms with Crippen molar-refractivity contribution in [2.45, 2.75) is 33.1 Å². The summed E-state index contributed by atoms with van der Waals surface area (Å²) in [5, 5.41) is 12.3. The molecule has 0 unspecified atom stereocenters. The highest BCUT2D eigenvalue weighted by Gasteiger charge is 2.03. The van der Waals surface area contributed by atoms with Crippen LogP contribution in [0.1, 0.15) is 41.8 Å². The van der Waals surface area contributed by atoms with Crippen molar-refractivity contribution >= 4 is 23.0 Å². The number of aryl methyl sites for hydroxylation is 2. The van der Waals surface area contributed by atoms with Crippen molar-refractivity contribution in [2.24, 2.45) is 0 Å². The number of benzene rings is 3. The van der Waals surface area contributed by atoms with E-state index in [1.165, 1.54) is 16.8 Å². The Morgan fingerprint density at radius 3 is 1.70 bits per heavy atom. The Labute approximate surface area is 179 Å². The summed E-state index contributed by atoms with van der Waals surface area (Å²) in [6, 6.07) is 24.2. The van der Waals surface area contributed by atoms with Crippen molar-refractivity contribution in [3.05, 3.63) is 89.5 Å². The van der Waals surface area contributed by atoms with E-state index in [0.29, 0.717) is 5.56 Å². The number of hydrogen-bond acceptors (Lipinski definition) is 3. The summed E-state index contributed by atoms with van der Waals surface area (Å²) in [6.45, 7) is 6.45. The van der Waals surface area contributed by atoms with Crippen LogP contribution in [0.5, 0.6) is 0 Å². The summed E-state index contributed by atoms with van der Waals surface area (Å²) in [5.41, 5.74) is 6.16. The highest BCUT2D eigenvalue weighted by Crippen LogP contribution is 2.20. The number of carboxylic acids is 1. The van der Waals surface area contributed by atoms with Crippen molar-refractivity contribution < 1.29 is 9.90 Å². The van der Waals surface area contributed by atoms with Crippen LogP contribution in [0.25, 0.3) is 0 Å². The number of anilines is 3. The average molecular weight is 403 g/mol. The number of rotatable bonds is 10. The average Bonchev–Trinajstić information content (AvgIpc) is 2.77. The molecule has 0 atom stereocenters. The van der Waals surface area contributed by atoms with Gasteiger partial charge in [-0.25, -0.2) is 4.79 Å². The van der Waals surface area contributed by atoms with Crippen LogP contribution in [0.3, 0.4) is 0 Å². The van der Waals surface area contributed by atoms with Gasteiger partial charge in [-0.05, 0) is 92.8 Å². The molecule has 0 heterocycles. The fraction of sp³-hybridized carbons (Fsp3) is 0.269. The molecule has 0 aromatic heterocycles. The summed E-state index contributed by atoms with van der Waals surface area (Å²) >= 11 is 0. The third kappa shape index (κ3) is 5.86. The summed E-state index contributed by atoms with van der Waals surface area (Å²) in [7, 11) is 0. The summed E-state index contributed by atoms with van der Waals surface area (Å²) in [6.07, 6.45) is 3.24. The predicted molar refractivity (Wildman–Crippen MR) is 125 cm³/mol. The van der Waals surface area contributed by atoms with E-state index in [9.17, 15) is 4.79 Å². The molecule has 0 saturated carbocycles. The third-order valence-electron chi connectivity index (χ3n) is 5.37. The van der Waals surface area contributed by atoms with Crippen LogP contribution in [0.4, 0.5) is 17.1 Å². The van der Waals surface area contributed by atoms with Gasteiger partial charge in [0, 0.05) is 30.2 Å². The van der Waals surface area contributed by atoms with Gasteiger partial charge in [0.25, 0.3) is 0 Å². The van der Waals surface area contributed by atoms with E-state index in [1.54, 1.807) is 24.3 Å². The van der Waals surface area contributed by atoms with Gasteiger partial charge in [-0.15, -0.1) is 0 Å². The van der Waals surface area contributed by atoms with E-state index in [1.807, 2.05) is 0 Å². The molecule has 0 aliphatic heterocycles. The van der Waals surface area contributed by atoms with E-state index in [0.717, 1.165) is 43.7 Å². The fourth-order valence-electron chi connectivity index (χ4n) is 3.58. The Hall–Kier alpha value is -3.27. The molecule has 0 spiro atoms. The third-order valence-corrected chi connectivity index (χ3v) is 5.37. The molecule has 4 nitrogen and oxygen atoms in total. The van der Waals surface area contributed by atoms with Gasteiger partial charge in [0.05, 0.1) is 5.56 Å². The van der Waals surface area contributed by atoms with Gasteiger partial charge in [-0.1, -0.05) is 24.3 Å². The zero-order valence-corrected chi connectivity index (χ0v) is 17.8. The zero-order valence-electron chi connectivity index (χ0n) is 17.8. The smallest absolute Gasteiger partial charge is 0.335 e. The molecule has 0 bridgehead atoms. The first kappa shape index (κ1) is 21.4. The maximum Gasteiger partial charge on any atom is 0.335 e. The van der Waals surface area contributed by atoms with Gasteiger partial charge in [-0.2, -0.15) is 0 Å². The number of hydrogen-bond donors (Lipinski definition) is 2. The Kier molecular flexibility index (Phi) is 7.50. The first-order chi connectivity index (χ1) is 14.6.